The molecule has 23 heavy (non-hydrogen) atoms. The van der Waals surface area contributed by atoms with Crippen molar-refractivity contribution in [2.24, 2.45) is 0 Å². The molecule has 2 amide bonds. The van der Waals surface area contributed by atoms with Crippen molar-refractivity contribution in [2.75, 3.05) is 6.61 Å². The fraction of sp³-hybridized carbons (Fsp3) is 0.353. The molecule has 1 aromatic carbocycles. The quantitative estimate of drug-likeness (QED) is 0.633. The number of rotatable bonds is 3. The van der Waals surface area contributed by atoms with Crippen LogP contribution in [0.3, 0.4) is 0 Å². The highest BCUT2D eigenvalue weighted by atomic mass is 16.6. The van der Waals surface area contributed by atoms with Crippen molar-refractivity contribution in [3.05, 3.63) is 48.0 Å². The van der Waals surface area contributed by atoms with Gasteiger partial charge in [0.15, 0.2) is 0 Å². The summed E-state index contributed by atoms with van der Waals surface area (Å²) in [5, 5.41) is 0. The van der Waals surface area contributed by atoms with Crippen LogP contribution in [0.5, 0.6) is 0 Å². The van der Waals surface area contributed by atoms with E-state index in [1.54, 1.807) is 20.8 Å². The van der Waals surface area contributed by atoms with Gasteiger partial charge < -0.3 is 9.47 Å². The van der Waals surface area contributed by atoms with E-state index in [0.29, 0.717) is 0 Å². The van der Waals surface area contributed by atoms with E-state index in [-0.39, 0.29) is 6.61 Å². The second kappa shape index (κ2) is 6.64. The number of carbonyl (C=O) groups excluding carboxylic acids is 3. The standard InChI is InChI=1S/C17H19NO5/c1-17(2,3)23-15(20)10-9-14(19)18-13(11-22-16(18)21)12-7-5-4-6-8-12/h4-10,13H,11H2,1-3H3/b10-9+/t13-/m1/s1. The Morgan fingerprint density at radius 3 is 2.48 bits per heavy atom. The lowest BCUT2D eigenvalue weighted by molar-refractivity contribution is -0.148. The van der Waals surface area contributed by atoms with Gasteiger partial charge in [0, 0.05) is 12.2 Å². The maximum absolute atomic E-state index is 12.2. The van der Waals surface area contributed by atoms with Gasteiger partial charge >= 0.3 is 12.1 Å². The van der Waals surface area contributed by atoms with Crippen molar-refractivity contribution in [3.8, 4) is 0 Å². The molecular weight excluding hydrogens is 298 g/mol. The minimum Gasteiger partial charge on any atom is -0.457 e. The number of carbonyl (C=O) groups is 3. The summed E-state index contributed by atoms with van der Waals surface area (Å²) in [6.45, 7) is 5.27. The molecule has 0 aromatic heterocycles. The Hall–Kier alpha value is -2.63. The van der Waals surface area contributed by atoms with Crippen LogP contribution in [0.1, 0.15) is 32.4 Å². The third kappa shape index (κ3) is 4.42. The summed E-state index contributed by atoms with van der Waals surface area (Å²) < 4.78 is 10.0. The molecule has 6 heteroatoms. The molecule has 6 nitrogen and oxygen atoms in total. The number of cyclic esters (lactones) is 1. The smallest absolute Gasteiger partial charge is 0.417 e. The average molecular weight is 317 g/mol. The second-order valence-electron chi connectivity index (χ2n) is 6.08. The van der Waals surface area contributed by atoms with Crippen LogP contribution >= 0.6 is 0 Å². The van der Waals surface area contributed by atoms with Gasteiger partial charge in [0.2, 0.25) is 0 Å². The molecule has 0 spiro atoms. The van der Waals surface area contributed by atoms with Crippen molar-refractivity contribution in [1.29, 1.82) is 0 Å². The molecule has 0 radical (unpaired) electrons. The molecule has 2 rings (SSSR count). The van der Waals surface area contributed by atoms with Gasteiger partial charge in [-0.15, -0.1) is 0 Å². The first kappa shape index (κ1) is 16.7. The first-order chi connectivity index (χ1) is 10.8. The maximum Gasteiger partial charge on any atom is 0.417 e. The molecule has 1 heterocycles. The second-order valence-corrected chi connectivity index (χ2v) is 6.08. The van der Waals surface area contributed by atoms with Crippen LogP contribution in [0, 0.1) is 0 Å². The van der Waals surface area contributed by atoms with E-state index in [0.717, 1.165) is 22.6 Å². The van der Waals surface area contributed by atoms with Crippen LogP contribution < -0.4 is 0 Å². The number of nitrogens with zero attached hydrogens (tertiary/aromatic N) is 1. The Balaban J connectivity index is 2.10. The Morgan fingerprint density at radius 2 is 1.87 bits per heavy atom. The minimum atomic E-state index is -0.724. The fourth-order valence-corrected chi connectivity index (χ4v) is 2.14. The first-order valence-electron chi connectivity index (χ1n) is 7.24. The van der Waals surface area contributed by atoms with Crippen molar-refractivity contribution >= 4 is 18.0 Å². The highest BCUT2D eigenvalue weighted by Gasteiger charge is 2.37. The molecule has 122 valence electrons. The Bertz CT molecular complexity index is 630. The number of benzene rings is 1. The number of hydrogen-bond acceptors (Lipinski definition) is 5. The summed E-state index contributed by atoms with van der Waals surface area (Å²) in [5.74, 6) is -1.26. The van der Waals surface area contributed by atoms with E-state index < -0.39 is 29.6 Å². The Morgan fingerprint density at radius 1 is 1.22 bits per heavy atom. The van der Waals surface area contributed by atoms with E-state index in [9.17, 15) is 14.4 Å². The van der Waals surface area contributed by atoms with Crippen LogP contribution in [-0.2, 0) is 19.1 Å². The van der Waals surface area contributed by atoms with Crippen molar-refractivity contribution < 1.29 is 23.9 Å². The molecule has 0 unspecified atom stereocenters. The molecule has 0 bridgehead atoms. The molecule has 1 fully saturated rings. The number of amides is 2. The highest BCUT2D eigenvalue weighted by Crippen LogP contribution is 2.27. The van der Waals surface area contributed by atoms with Crippen LogP contribution in [-0.4, -0.2) is 35.1 Å². The lowest BCUT2D eigenvalue weighted by Gasteiger charge is -2.19. The first-order valence-corrected chi connectivity index (χ1v) is 7.24. The average Bonchev–Trinajstić information content (AvgIpc) is 2.86. The van der Waals surface area contributed by atoms with Gasteiger partial charge in [0.05, 0.1) is 0 Å². The monoisotopic (exact) mass is 317 g/mol. The van der Waals surface area contributed by atoms with Crippen LogP contribution in [0.15, 0.2) is 42.5 Å². The molecular formula is C17H19NO5. The summed E-state index contributed by atoms with van der Waals surface area (Å²) >= 11 is 0. The topological polar surface area (TPSA) is 72.9 Å². The number of esters is 1. The van der Waals surface area contributed by atoms with Crippen molar-refractivity contribution in [3.63, 3.8) is 0 Å². The van der Waals surface area contributed by atoms with Crippen LogP contribution in [0.4, 0.5) is 4.79 Å². The summed E-state index contributed by atoms with van der Waals surface area (Å²) in [6, 6.07) is 8.60. The SMILES string of the molecule is CC(C)(C)OC(=O)/C=C/C(=O)N1C(=O)OC[C@@H]1c1ccccc1. The summed E-state index contributed by atoms with van der Waals surface area (Å²) in [7, 11) is 0. The fourth-order valence-electron chi connectivity index (χ4n) is 2.14. The number of hydrogen-bond donors (Lipinski definition) is 0. The van der Waals surface area contributed by atoms with Gasteiger partial charge in [-0.05, 0) is 26.3 Å². The minimum absolute atomic E-state index is 0.0921. The third-order valence-corrected chi connectivity index (χ3v) is 3.06. The summed E-state index contributed by atoms with van der Waals surface area (Å²) in [4.78, 5) is 36.7. The normalized spacial score (nSPS) is 18.1. The van der Waals surface area contributed by atoms with Gasteiger partial charge in [-0.25, -0.2) is 14.5 Å². The van der Waals surface area contributed by atoms with E-state index in [1.165, 1.54) is 0 Å². The third-order valence-electron chi connectivity index (χ3n) is 3.06. The van der Waals surface area contributed by atoms with Crippen molar-refractivity contribution in [1.82, 2.24) is 4.90 Å². The van der Waals surface area contributed by atoms with Gasteiger partial charge in [0.1, 0.15) is 18.2 Å². The van der Waals surface area contributed by atoms with E-state index in [1.807, 2.05) is 30.3 Å². The Labute approximate surface area is 134 Å². The Kier molecular flexibility index (Phi) is 4.83. The summed E-state index contributed by atoms with van der Waals surface area (Å²) in [5.41, 5.74) is 0.140. The lowest BCUT2D eigenvalue weighted by Crippen LogP contribution is -2.33. The van der Waals surface area contributed by atoms with E-state index in [4.69, 9.17) is 9.47 Å². The molecule has 1 aromatic rings. The van der Waals surface area contributed by atoms with Crippen LogP contribution in [0.25, 0.3) is 0 Å². The largest absolute Gasteiger partial charge is 0.457 e. The molecule has 1 saturated heterocycles. The molecule has 1 aliphatic rings. The number of imide groups is 1. The van der Waals surface area contributed by atoms with Gasteiger partial charge in [-0.1, -0.05) is 30.3 Å². The predicted octanol–water partition coefficient (Wildman–Crippen LogP) is 2.60. The van der Waals surface area contributed by atoms with Gasteiger partial charge in [-0.3, -0.25) is 4.79 Å². The molecule has 1 atom stereocenters. The molecule has 0 aliphatic carbocycles. The summed E-state index contributed by atoms with van der Waals surface area (Å²) in [6.07, 6.45) is 1.32. The zero-order valence-electron chi connectivity index (χ0n) is 13.3. The predicted molar refractivity (Wildman–Crippen MR) is 82.4 cm³/mol. The molecule has 0 N–H and O–H groups in total. The molecule has 1 aliphatic heterocycles. The van der Waals surface area contributed by atoms with Gasteiger partial charge in [0.25, 0.3) is 5.91 Å². The van der Waals surface area contributed by atoms with E-state index >= 15 is 0 Å². The van der Waals surface area contributed by atoms with Crippen molar-refractivity contribution in [2.45, 2.75) is 32.4 Å². The zero-order valence-corrected chi connectivity index (χ0v) is 13.3. The lowest BCUT2D eigenvalue weighted by atomic mass is 10.1. The zero-order chi connectivity index (χ0) is 17.0. The van der Waals surface area contributed by atoms with Gasteiger partial charge in [-0.2, -0.15) is 0 Å². The maximum atomic E-state index is 12.2. The van der Waals surface area contributed by atoms with E-state index in [2.05, 4.69) is 0 Å². The highest BCUT2D eigenvalue weighted by molar-refractivity contribution is 6.02. The van der Waals surface area contributed by atoms with Crippen LogP contribution in [0.2, 0.25) is 0 Å². The number of ether oxygens (including phenoxy) is 2. The molecule has 0 saturated carbocycles.